The normalized spacial score (nSPS) is 11.6. The number of anilines is 1. The van der Waals surface area contributed by atoms with Crippen molar-refractivity contribution in [1.82, 2.24) is 4.98 Å². The van der Waals surface area contributed by atoms with Gasteiger partial charge >= 0.3 is 5.97 Å². The minimum Gasteiger partial charge on any atom is -0.468 e. The lowest BCUT2D eigenvalue weighted by atomic mass is 10.1. The van der Waals surface area contributed by atoms with Crippen molar-refractivity contribution >= 4 is 35.1 Å². The number of esters is 1. The molecule has 0 fully saturated rings. The lowest BCUT2D eigenvalue weighted by molar-refractivity contribution is -0.140. The zero-order chi connectivity index (χ0) is 20.8. The Balaban J connectivity index is 2.58. The van der Waals surface area contributed by atoms with Crippen LogP contribution in [0.25, 0.3) is 0 Å². The Morgan fingerprint density at radius 3 is 2.50 bits per heavy atom. The van der Waals surface area contributed by atoms with E-state index in [1.165, 1.54) is 18.1 Å². The molecule has 0 bridgehead atoms. The van der Waals surface area contributed by atoms with Crippen LogP contribution in [-0.2, 0) is 9.53 Å². The lowest BCUT2D eigenvalue weighted by Crippen LogP contribution is -2.35. The molecule has 1 aromatic carbocycles. The highest BCUT2D eigenvalue weighted by molar-refractivity contribution is 6.30. The molecule has 2 rings (SSSR count). The first-order chi connectivity index (χ1) is 13.3. The molecule has 2 N–H and O–H groups in total. The predicted molar refractivity (Wildman–Crippen MR) is 107 cm³/mol. The summed E-state index contributed by atoms with van der Waals surface area (Å²) in [6, 6.07) is 9.95. The Bertz CT molecular complexity index is 901. The summed E-state index contributed by atoms with van der Waals surface area (Å²) in [7, 11) is 1.24. The Labute approximate surface area is 168 Å². The van der Waals surface area contributed by atoms with Crippen LogP contribution in [0.15, 0.2) is 36.4 Å². The number of nitrogens with two attached hydrogens (primary N) is 1. The van der Waals surface area contributed by atoms with Crippen LogP contribution < -0.4 is 10.6 Å². The van der Waals surface area contributed by atoms with Gasteiger partial charge in [0.2, 0.25) is 0 Å². The molecule has 0 radical (unpaired) electrons. The first kappa shape index (κ1) is 21.4. The summed E-state index contributed by atoms with van der Waals surface area (Å²) in [6.45, 7) is 3.95. The molecule has 148 valence electrons. The second kappa shape index (κ2) is 9.32. The Morgan fingerprint density at radius 2 is 1.89 bits per heavy atom. The number of methoxy groups -OCH3 is 1. The maximum atomic E-state index is 13.3. The van der Waals surface area contributed by atoms with Gasteiger partial charge < -0.3 is 15.4 Å². The summed E-state index contributed by atoms with van der Waals surface area (Å²) < 4.78 is 4.72. The van der Waals surface area contributed by atoms with Crippen molar-refractivity contribution in [3.05, 3.63) is 58.9 Å². The van der Waals surface area contributed by atoms with E-state index in [4.69, 9.17) is 22.1 Å². The van der Waals surface area contributed by atoms with E-state index >= 15 is 0 Å². The minimum absolute atomic E-state index is 0.0885. The summed E-state index contributed by atoms with van der Waals surface area (Å²) in [5.41, 5.74) is 6.86. The van der Waals surface area contributed by atoms with E-state index in [-0.39, 0.29) is 11.3 Å². The van der Waals surface area contributed by atoms with Crippen LogP contribution in [0.1, 0.15) is 50.8 Å². The zero-order valence-electron chi connectivity index (χ0n) is 15.9. The van der Waals surface area contributed by atoms with Gasteiger partial charge in [-0.25, -0.2) is 4.98 Å². The minimum atomic E-state index is -1.08. The molecule has 2 amide bonds. The molecule has 1 atom stereocenters. The number of amides is 2. The molecular formula is C20H22ClN3O4. The van der Waals surface area contributed by atoms with Gasteiger partial charge in [-0.1, -0.05) is 25.1 Å². The van der Waals surface area contributed by atoms with Crippen LogP contribution in [0.5, 0.6) is 0 Å². The zero-order valence-corrected chi connectivity index (χ0v) is 16.7. The molecule has 28 heavy (non-hydrogen) atoms. The van der Waals surface area contributed by atoms with Gasteiger partial charge in [0.25, 0.3) is 11.8 Å². The number of aryl methyl sites for hydroxylation is 1. The highest BCUT2D eigenvalue weighted by atomic mass is 35.5. The van der Waals surface area contributed by atoms with Gasteiger partial charge in [0.15, 0.2) is 5.38 Å². The Kier molecular flexibility index (Phi) is 7.12. The molecule has 1 unspecified atom stereocenters. The van der Waals surface area contributed by atoms with Crippen LogP contribution >= 0.6 is 11.6 Å². The van der Waals surface area contributed by atoms with E-state index in [1.807, 2.05) is 6.92 Å². The van der Waals surface area contributed by atoms with Crippen LogP contribution in [-0.4, -0.2) is 36.4 Å². The maximum Gasteiger partial charge on any atom is 0.328 e. The first-order valence-corrected chi connectivity index (χ1v) is 9.15. The van der Waals surface area contributed by atoms with Crippen LogP contribution in [0.4, 0.5) is 5.69 Å². The number of nitrogens with zero attached hydrogens (tertiary/aromatic N) is 2. The smallest absolute Gasteiger partial charge is 0.328 e. The molecule has 0 saturated heterocycles. The summed E-state index contributed by atoms with van der Waals surface area (Å²) in [5.74, 6) is -1.88. The molecule has 1 heterocycles. The fraction of sp³-hybridized carbons (Fsp3) is 0.300. The van der Waals surface area contributed by atoms with Crippen LogP contribution in [0.3, 0.4) is 0 Å². The van der Waals surface area contributed by atoms with Gasteiger partial charge in [0.1, 0.15) is 5.69 Å². The Hall–Kier alpha value is -2.93. The number of rotatable bonds is 7. The van der Waals surface area contributed by atoms with Crippen molar-refractivity contribution < 1.29 is 19.1 Å². The van der Waals surface area contributed by atoms with Gasteiger partial charge in [-0.05, 0) is 31.5 Å². The number of hydrogen-bond donors (Lipinski definition) is 1. The molecule has 1 aromatic heterocycles. The van der Waals surface area contributed by atoms with Crippen LogP contribution in [0.2, 0.25) is 0 Å². The molecule has 2 aromatic rings. The topological polar surface area (TPSA) is 103 Å². The standard InChI is InChI=1S/C20H22ClN3O4/c1-4-11-24(15-8-6-5-7-13(15)16(21)20(27)28-3)19(26)14-10-9-12(2)23-17(14)18(22)25/h5-10,16H,4,11H2,1-3H3,(H2,22,25). The summed E-state index contributed by atoms with van der Waals surface area (Å²) in [5, 5.41) is -1.08. The number of halogens is 1. The number of aromatic nitrogens is 1. The molecule has 7 nitrogen and oxygen atoms in total. The molecule has 0 aliphatic carbocycles. The van der Waals surface area contributed by atoms with Crippen molar-refractivity contribution in [2.45, 2.75) is 25.6 Å². The predicted octanol–water partition coefficient (Wildman–Crippen LogP) is 3.00. The third-order valence-electron chi connectivity index (χ3n) is 4.10. The highest BCUT2D eigenvalue weighted by Gasteiger charge is 2.28. The van der Waals surface area contributed by atoms with E-state index < -0.39 is 23.2 Å². The van der Waals surface area contributed by atoms with Crippen molar-refractivity contribution in [2.75, 3.05) is 18.6 Å². The first-order valence-electron chi connectivity index (χ1n) is 8.71. The van der Waals surface area contributed by atoms with Gasteiger partial charge in [0.05, 0.1) is 12.7 Å². The number of para-hydroxylation sites is 1. The molecule has 0 spiro atoms. The third-order valence-corrected chi connectivity index (χ3v) is 4.51. The van der Waals surface area contributed by atoms with E-state index in [9.17, 15) is 14.4 Å². The number of carbonyl (C=O) groups is 3. The fourth-order valence-corrected chi connectivity index (χ4v) is 3.07. The number of pyridine rings is 1. The monoisotopic (exact) mass is 403 g/mol. The van der Waals surface area contributed by atoms with E-state index in [0.717, 1.165) is 0 Å². The van der Waals surface area contributed by atoms with Crippen molar-refractivity contribution in [3.8, 4) is 0 Å². The third kappa shape index (κ3) is 4.48. The summed E-state index contributed by atoms with van der Waals surface area (Å²) in [6.07, 6.45) is 0.635. The average molecular weight is 404 g/mol. The van der Waals surface area contributed by atoms with Gasteiger partial charge in [-0.3, -0.25) is 14.4 Å². The number of ether oxygens (including phenoxy) is 1. The van der Waals surface area contributed by atoms with E-state index in [2.05, 4.69) is 4.98 Å². The van der Waals surface area contributed by atoms with Gasteiger partial charge in [0, 0.05) is 23.5 Å². The summed E-state index contributed by atoms with van der Waals surface area (Å²) >= 11 is 6.26. The second-order valence-corrected chi connectivity index (χ2v) is 6.55. The maximum absolute atomic E-state index is 13.3. The number of benzene rings is 1. The Morgan fingerprint density at radius 1 is 1.21 bits per heavy atom. The summed E-state index contributed by atoms with van der Waals surface area (Å²) in [4.78, 5) is 42.6. The van der Waals surface area contributed by atoms with Crippen molar-refractivity contribution in [2.24, 2.45) is 5.73 Å². The number of alkyl halides is 1. The SMILES string of the molecule is CCCN(C(=O)c1ccc(C)nc1C(N)=O)c1ccccc1C(Cl)C(=O)OC. The van der Waals surface area contributed by atoms with Crippen molar-refractivity contribution in [3.63, 3.8) is 0 Å². The molecule has 0 saturated carbocycles. The average Bonchev–Trinajstić information content (AvgIpc) is 2.70. The number of primary amides is 1. The van der Waals surface area contributed by atoms with Gasteiger partial charge in [-0.2, -0.15) is 0 Å². The largest absolute Gasteiger partial charge is 0.468 e. The number of carbonyl (C=O) groups excluding carboxylic acids is 3. The van der Waals surface area contributed by atoms with E-state index in [1.54, 1.807) is 37.3 Å². The fourth-order valence-electron chi connectivity index (χ4n) is 2.80. The van der Waals surface area contributed by atoms with E-state index in [0.29, 0.717) is 29.9 Å². The highest BCUT2D eigenvalue weighted by Crippen LogP contribution is 2.32. The molecule has 8 heteroatoms. The molecule has 0 aliphatic heterocycles. The second-order valence-electron chi connectivity index (χ2n) is 6.11. The number of hydrogen-bond acceptors (Lipinski definition) is 5. The molecular weight excluding hydrogens is 382 g/mol. The van der Waals surface area contributed by atoms with Crippen LogP contribution in [0, 0.1) is 6.92 Å². The quantitative estimate of drug-likeness (QED) is 0.565. The van der Waals surface area contributed by atoms with Gasteiger partial charge in [-0.15, -0.1) is 11.6 Å². The molecule has 0 aliphatic rings. The van der Waals surface area contributed by atoms with Crippen molar-refractivity contribution in [1.29, 1.82) is 0 Å². The lowest BCUT2D eigenvalue weighted by Gasteiger charge is -2.26.